The predicted molar refractivity (Wildman–Crippen MR) is 78.7 cm³/mol. The molecule has 19 heavy (non-hydrogen) atoms. The summed E-state index contributed by atoms with van der Waals surface area (Å²) in [5, 5.41) is 3.90. The molecule has 98 valence electrons. The second-order valence-electron chi connectivity index (χ2n) is 3.92. The summed E-state index contributed by atoms with van der Waals surface area (Å²) in [4.78, 5) is 4.04. The molecule has 0 unspecified atom stereocenters. The lowest BCUT2D eigenvalue weighted by molar-refractivity contribution is 0.359. The van der Waals surface area contributed by atoms with Gasteiger partial charge in [-0.15, -0.1) is 0 Å². The van der Waals surface area contributed by atoms with Crippen LogP contribution in [0.5, 0.6) is 5.75 Å². The zero-order chi connectivity index (χ0) is 13.5. The summed E-state index contributed by atoms with van der Waals surface area (Å²) in [7, 11) is 0. The van der Waals surface area contributed by atoms with Gasteiger partial charge < -0.3 is 10.1 Å². The van der Waals surface area contributed by atoms with E-state index in [9.17, 15) is 0 Å². The lowest BCUT2D eigenvalue weighted by atomic mass is 10.2. The molecule has 0 aliphatic heterocycles. The molecule has 2 rings (SSSR count). The summed E-state index contributed by atoms with van der Waals surface area (Å²) in [5.41, 5.74) is 1.87. The van der Waals surface area contributed by atoms with Crippen LogP contribution >= 0.6 is 11.6 Å². The van der Waals surface area contributed by atoms with Crippen molar-refractivity contribution in [2.75, 3.05) is 11.9 Å². The Balaban J connectivity index is 2.07. The normalized spacial score (nSPS) is 9.95. The van der Waals surface area contributed by atoms with E-state index in [-0.39, 0.29) is 0 Å². The second-order valence-corrected chi connectivity index (χ2v) is 4.32. The molecule has 0 atom stereocenters. The van der Waals surface area contributed by atoms with Crippen molar-refractivity contribution in [2.24, 2.45) is 0 Å². The Bertz CT molecular complexity index is 557. The number of anilines is 1. The minimum atomic E-state index is 0.491. The molecule has 4 heteroatoms. The Morgan fingerprint density at radius 2 is 2.16 bits per heavy atom. The number of benzene rings is 1. The average molecular weight is 275 g/mol. The first-order valence-corrected chi connectivity index (χ1v) is 6.34. The highest BCUT2D eigenvalue weighted by Crippen LogP contribution is 2.23. The van der Waals surface area contributed by atoms with Gasteiger partial charge in [0.15, 0.2) is 0 Å². The first-order chi connectivity index (χ1) is 9.31. The van der Waals surface area contributed by atoms with E-state index in [2.05, 4.69) is 16.9 Å². The summed E-state index contributed by atoms with van der Waals surface area (Å²) >= 11 is 6.07. The highest BCUT2D eigenvalue weighted by Gasteiger charge is 2.04. The Labute approximate surface area is 117 Å². The zero-order valence-corrected chi connectivity index (χ0v) is 11.2. The molecule has 0 amide bonds. The molecule has 0 fully saturated rings. The van der Waals surface area contributed by atoms with Crippen molar-refractivity contribution < 1.29 is 4.74 Å². The molecule has 1 aromatic heterocycles. The van der Waals surface area contributed by atoms with Crippen molar-refractivity contribution >= 4 is 17.3 Å². The van der Waals surface area contributed by atoms with Crippen LogP contribution in [0.1, 0.15) is 5.56 Å². The molecule has 2 aromatic rings. The number of rotatable bonds is 6. The zero-order valence-electron chi connectivity index (χ0n) is 10.5. The fraction of sp³-hybridized carbons (Fsp3) is 0.133. The molecule has 1 heterocycles. The number of para-hydroxylation sites is 1. The van der Waals surface area contributed by atoms with Crippen LogP contribution < -0.4 is 10.1 Å². The van der Waals surface area contributed by atoms with E-state index in [0.29, 0.717) is 18.2 Å². The molecule has 0 aliphatic carbocycles. The standard InChI is InChI=1S/C15H15ClN2O/c1-2-9-19-15-6-4-3-5-12(15)10-18-14-11-17-8-7-13(14)16/h2-8,11,18H,1,9-10H2. The van der Waals surface area contributed by atoms with Gasteiger partial charge in [0.1, 0.15) is 12.4 Å². The number of halogens is 1. The molecule has 1 N–H and O–H groups in total. The van der Waals surface area contributed by atoms with Crippen molar-refractivity contribution in [3.63, 3.8) is 0 Å². The summed E-state index contributed by atoms with van der Waals surface area (Å²) in [6, 6.07) is 9.62. The molecule has 0 saturated heterocycles. The van der Waals surface area contributed by atoms with Gasteiger partial charge in [-0.2, -0.15) is 0 Å². The minimum Gasteiger partial charge on any atom is -0.489 e. The van der Waals surface area contributed by atoms with E-state index < -0.39 is 0 Å². The van der Waals surface area contributed by atoms with E-state index in [1.807, 2.05) is 24.3 Å². The maximum absolute atomic E-state index is 6.07. The molecule has 0 radical (unpaired) electrons. The van der Waals surface area contributed by atoms with Crippen LogP contribution in [-0.2, 0) is 6.54 Å². The second kappa shape index (κ2) is 6.81. The Hall–Kier alpha value is -2.00. The number of hydrogen-bond donors (Lipinski definition) is 1. The highest BCUT2D eigenvalue weighted by atomic mass is 35.5. The Kier molecular flexibility index (Phi) is 4.81. The van der Waals surface area contributed by atoms with Crippen molar-refractivity contribution in [1.82, 2.24) is 4.98 Å². The number of aromatic nitrogens is 1. The van der Waals surface area contributed by atoms with Crippen molar-refractivity contribution in [3.05, 3.63) is 66.0 Å². The number of hydrogen-bond acceptors (Lipinski definition) is 3. The third kappa shape index (κ3) is 3.73. The average Bonchev–Trinajstić information content (AvgIpc) is 2.45. The molecule has 0 aliphatic rings. The molecule has 3 nitrogen and oxygen atoms in total. The number of ether oxygens (including phenoxy) is 1. The summed E-state index contributed by atoms with van der Waals surface area (Å²) < 4.78 is 5.60. The van der Waals surface area contributed by atoms with Crippen LogP contribution in [0.2, 0.25) is 5.02 Å². The van der Waals surface area contributed by atoms with Crippen molar-refractivity contribution in [2.45, 2.75) is 6.54 Å². The fourth-order valence-electron chi connectivity index (χ4n) is 1.64. The van der Waals surface area contributed by atoms with Gasteiger partial charge in [-0.1, -0.05) is 42.5 Å². The molecule has 0 saturated carbocycles. The lowest BCUT2D eigenvalue weighted by Gasteiger charge is -2.12. The van der Waals surface area contributed by atoms with Gasteiger partial charge in [0.2, 0.25) is 0 Å². The number of pyridine rings is 1. The Morgan fingerprint density at radius 3 is 2.95 bits per heavy atom. The topological polar surface area (TPSA) is 34.1 Å². The quantitative estimate of drug-likeness (QED) is 0.811. The van der Waals surface area contributed by atoms with E-state index in [4.69, 9.17) is 16.3 Å². The Morgan fingerprint density at radius 1 is 1.32 bits per heavy atom. The van der Waals surface area contributed by atoms with Gasteiger partial charge in [0.25, 0.3) is 0 Å². The molecular weight excluding hydrogens is 260 g/mol. The summed E-state index contributed by atoms with van der Waals surface area (Å²) in [5.74, 6) is 0.843. The third-order valence-corrected chi connectivity index (χ3v) is 2.90. The molecule has 1 aromatic carbocycles. The van der Waals surface area contributed by atoms with Crippen LogP contribution in [0.15, 0.2) is 55.4 Å². The highest BCUT2D eigenvalue weighted by molar-refractivity contribution is 6.33. The van der Waals surface area contributed by atoms with Gasteiger partial charge in [0, 0.05) is 18.3 Å². The van der Waals surface area contributed by atoms with Crippen LogP contribution in [0.25, 0.3) is 0 Å². The number of nitrogens with one attached hydrogen (secondary N) is 1. The smallest absolute Gasteiger partial charge is 0.124 e. The SMILES string of the molecule is C=CCOc1ccccc1CNc1cnccc1Cl. The largest absolute Gasteiger partial charge is 0.489 e. The van der Waals surface area contributed by atoms with E-state index in [1.165, 1.54) is 0 Å². The van der Waals surface area contributed by atoms with Crippen molar-refractivity contribution in [1.29, 1.82) is 0 Å². The first kappa shape index (κ1) is 13.4. The van der Waals surface area contributed by atoms with Gasteiger partial charge in [0.05, 0.1) is 16.9 Å². The summed E-state index contributed by atoms with van der Waals surface area (Å²) in [6.07, 6.45) is 5.09. The van der Waals surface area contributed by atoms with Crippen LogP contribution in [0, 0.1) is 0 Å². The van der Waals surface area contributed by atoms with E-state index >= 15 is 0 Å². The van der Waals surface area contributed by atoms with Crippen LogP contribution in [0.4, 0.5) is 5.69 Å². The number of nitrogens with zero attached hydrogens (tertiary/aromatic N) is 1. The van der Waals surface area contributed by atoms with E-state index in [1.54, 1.807) is 24.5 Å². The van der Waals surface area contributed by atoms with Gasteiger partial charge in [-0.25, -0.2) is 0 Å². The predicted octanol–water partition coefficient (Wildman–Crippen LogP) is 3.91. The lowest BCUT2D eigenvalue weighted by Crippen LogP contribution is -2.04. The van der Waals surface area contributed by atoms with Crippen molar-refractivity contribution in [3.8, 4) is 5.75 Å². The molecular formula is C15H15ClN2O. The van der Waals surface area contributed by atoms with Crippen LogP contribution in [-0.4, -0.2) is 11.6 Å². The van der Waals surface area contributed by atoms with Crippen LogP contribution in [0.3, 0.4) is 0 Å². The van der Waals surface area contributed by atoms with Gasteiger partial charge in [-0.3, -0.25) is 4.98 Å². The fourth-order valence-corrected chi connectivity index (χ4v) is 1.81. The molecule has 0 bridgehead atoms. The first-order valence-electron chi connectivity index (χ1n) is 5.96. The monoisotopic (exact) mass is 274 g/mol. The third-order valence-electron chi connectivity index (χ3n) is 2.57. The summed E-state index contributed by atoms with van der Waals surface area (Å²) in [6.45, 7) is 4.76. The maximum atomic E-state index is 6.07. The molecule has 0 spiro atoms. The van der Waals surface area contributed by atoms with E-state index in [0.717, 1.165) is 17.0 Å². The van der Waals surface area contributed by atoms with Gasteiger partial charge in [-0.05, 0) is 12.1 Å². The maximum Gasteiger partial charge on any atom is 0.124 e. The minimum absolute atomic E-state index is 0.491. The van der Waals surface area contributed by atoms with Gasteiger partial charge >= 0.3 is 0 Å².